The number of carbonyl (C=O) groups excluding carboxylic acids is 1. The summed E-state index contributed by atoms with van der Waals surface area (Å²) in [6.45, 7) is 2.49. The van der Waals surface area contributed by atoms with Gasteiger partial charge in [-0.1, -0.05) is 0 Å². The molecule has 3 N–H and O–H groups in total. The highest BCUT2D eigenvalue weighted by Crippen LogP contribution is 2.37. The van der Waals surface area contributed by atoms with Gasteiger partial charge in [0.25, 0.3) is 0 Å². The quantitative estimate of drug-likeness (QED) is 0.862. The Hall–Kier alpha value is -1.07. The normalized spacial score (nSPS) is 18.6. The van der Waals surface area contributed by atoms with E-state index in [4.69, 9.17) is 10.5 Å². The number of ether oxygens (including phenoxy) is 1. The van der Waals surface area contributed by atoms with Crippen LogP contribution in [-0.2, 0) is 4.79 Å². The van der Waals surface area contributed by atoms with Crippen molar-refractivity contribution in [2.75, 3.05) is 11.9 Å². The molecule has 15 heavy (non-hydrogen) atoms. The molecule has 0 spiro atoms. The summed E-state index contributed by atoms with van der Waals surface area (Å²) >= 11 is 3.38. The summed E-state index contributed by atoms with van der Waals surface area (Å²) in [5.74, 6) is 0.538. The third-order valence-corrected chi connectivity index (χ3v) is 2.90. The van der Waals surface area contributed by atoms with E-state index < -0.39 is 6.04 Å². The van der Waals surface area contributed by atoms with E-state index in [1.54, 1.807) is 6.07 Å². The van der Waals surface area contributed by atoms with Crippen LogP contribution in [0.1, 0.15) is 18.5 Å². The van der Waals surface area contributed by atoms with Gasteiger partial charge in [0, 0.05) is 17.3 Å². The fourth-order valence-electron chi connectivity index (χ4n) is 1.55. The van der Waals surface area contributed by atoms with Crippen LogP contribution >= 0.6 is 15.9 Å². The summed E-state index contributed by atoms with van der Waals surface area (Å²) in [4.78, 5) is 11.3. The second kappa shape index (κ2) is 3.83. The van der Waals surface area contributed by atoms with E-state index in [9.17, 15) is 4.79 Å². The number of fused-ring (bicyclic) bond motifs is 1. The monoisotopic (exact) mass is 270 g/mol. The van der Waals surface area contributed by atoms with E-state index in [0.29, 0.717) is 12.4 Å². The Balaban J connectivity index is 2.44. The summed E-state index contributed by atoms with van der Waals surface area (Å²) in [5, 5.41) is 2.71. The highest BCUT2D eigenvalue weighted by atomic mass is 79.9. The number of anilines is 1. The van der Waals surface area contributed by atoms with Crippen LogP contribution in [0.15, 0.2) is 16.6 Å². The number of benzene rings is 1. The molecule has 1 heterocycles. The average molecular weight is 271 g/mol. The molecule has 1 aromatic carbocycles. The lowest BCUT2D eigenvalue weighted by Crippen LogP contribution is -2.19. The molecule has 0 radical (unpaired) electrons. The van der Waals surface area contributed by atoms with Gasteiger partial charge in [0.15, 0.2) is 0 Å². The average Bonchev–Trinajstić information content (AvgIpc) is 2.46. The van der Waals surface area contributed by atoms with E-state index in [-0.39, 0.29) is 5.91 Å². The largest absolute Gasteiger partial charge is 0.493 e. The number of rotatable bonds is 2. The third-order valence-electron chi connectivity index (χ3n) is 2.28. The van der Waals surface area contributed by atoms with Crippen molar-refractivity contribution in [1.29, 1.82) is 0 Å². The number of carbonyl (C=O) groups is 1. The summed E-state index contributed by atoms with van der Waals surface area (Å²) in [7, 11) is 0. The molecule has 1 amide bonds. The lowest BCUT2D eigenvalue weighted by molar-refractivity contribution is -0.116. The molecule has 1 aromatic rings. The lowest BCUT2D eigenvalue weighted by Gasteiger charge is -2.08. The fraction of sp³-hybridized carbons (Fsp3) is 0.300. The second-order valence-corrected chi connectivity index (χ2v) is 4.12. The van der Waals surface area contributed by atoms with Gasteiger partial charge in [-0.25, -0.2) is 0 Å². The molecular weight excluding hydrogens is 260 g/mol. The molecule has 4 nitrogen and oxygen atoms in total. The van der Waals surface area contributed by atoms with Crippen LogP contribution in [0.4, 0.5) is 5.69 Å². The zero-order valence-corrected chi connectivity index (χ0v) is 9.80. The molecule has 1 atom stereocenters. The number of hydrogen-bond acceptors (Lipinski definition) is 3. The molecule has 5 heteroatoms. The fourth-order valence-corrected chi connectivity index (χ4v) is 2.03. The Morgan fingerprint density at radius 3 is 3.00 bits per heavy atom. The minimum Gasteiger partial charge on any atom is -0.493 e. The van der Waals surface area contributed by atoms with Gasteiger partial charge in [0.1, 0.15) is 11.8 Å². The van der Waals surface area contributed by atoms with Gasteiger partial charge in [-0.2, -0.15) is 0 Å². The molecule has 1 aliphatic rings. The van der Waals surface area contributed by atoms with Crippen molar-refractivity contribution in [2.45, 2.75) is 13.0 Å². The van der Waals surface area contributed by atoms with Crippen LogP contribution in [0.5, 0.6) is 5.75 Å². The summed E-state index contributed by atoms with van der Waals surface area (Å²) < 4.78 is 6.21. The highest BCUT2D eigenvalue weighted by molar-refractivity contribution is 9.10. The Morgan fingerprint density at radius 1 is 1.60 bits per heavy atom. The third kappa shape index (κ3) is 1.72. The van der Waals surface area contributed by atoms with Crippen molar-refractivity contribution in [2.24, 2.45) is 5.73 Å². The number of hydrogen-bond donors (Lipinski definition) is 2. The Kier molecular flexibility index (Phi) is 2.67. The van der Waals surface area contributed by atoms with Crippen LogP contribution in [-0.4, -0.2) is 12.5 Å². The van der Waals surface area contributed by atoms with E-state index >= 15 is 0 Å². The van der Waals surface area contributed by atoms with Crippen molar-refractivity contribution in [3.05, 3.63) is 22.2 Å². The van der Waals surface area contributed by atoms with Gasteiger partial charge < -0.3 is 15.8 Å². The van der Waals surface area contributed by atoms with Gasteiger partial charge in [0.05, 0.1) is 11.1 Å². The molecule has 0 saturated carbocycles. The SMILES string of the molecule is CCOc1cc2c(cc1Br)C(N)C(=O)N2. The van der Waals surface area contributed by atoms with E-state index in [2.05, 4.69) is 21.2 Å². The van der Waals surface area contributed by atoms with Crippen molar-refractivity contribution in [3.8, 4) is 5.75 Å². The predicted molar refractivity (Wildman–Crippen MR) is 60.9 cm³/mol. The van der Waals surface area contributed by atoms with Crippen molar-refractivity contribution < 1.29 is 9.53 Å². The molecule has 0 aromatic heterocycles. The lowest BCUT2D eigenvalue weighted by atomic mass is 10.1. The molecule has 0 bridgehead atoms. The molecule has 1 aliphatic heterocycles. The first kappa shape index (κ1) is 10.4. The van der Waals surface area contributed by atoms with Crippen molar-refractivity contribution in [3.63, 3.8) is 0 Å². The van der Waals surface area contributed by atoms with E-state index in [1.165, 1.54) is 0 Å². The summed E-state index contributed by atoms with van der Waals surface area (Å²) in [5.41, 5.74) is 7.25. The van der Waals surface area contributed by atoms with E-state index in [1.807, 2.05) is 13.0 Å². The van der Waals surface area contributed by atoms with Crippen molar-refractivity contribution in [1.82, 2.24) is 0 Å². The molecule has 1 unspecified atom stereocenters. The van der Waals surface area contributed by atoms with Gasteiger partial charge in [0.2, 0.25) is 5.91 Å². The van der Waals surface area contributed by atoms with Gasteiger partial charge >= 0.3 is 0 Å². The van der Waals surface area contributed by atoms with Crippen LogP contribution < -0.4 is 15.8 Å². The van der Waals surface area contributed by atoms with Crippen LogP contribution in [0, 0.1) is 0 Å². The molecule has 80 valence electrons. The van der Waals surface area contributed by atoms with Crippen molar-refractivity contribution >= 4 is 27.5 Å². The highest BCUT2D eigenvalue weighted by Gasteiger charge is 2.28. The maximum absolute atomic E-state index is 11.3. The van der Waals surface area contributed by atoms with E-state index in [0.717, 1.165) is 15.7 Å². The number of halogens is 1. The Labute approximate surface area is 95.9 Å². The Bertz CT molecular complexity index is 420. The van der Waals surface area contributed by atoms with Crippen LogP contribution in [0.3, 0.4) is 0 Å². The molecule has 0 aliphatic carbocycles. The Morgan fingerprint density at radius 2 is 2.33 bits per heavy atom. The van der Waals surface area contributed by atoms with Crippen LogP contribution in [0.2, 0.25) is 0 Å². The minimum absolute atomic E-state index is 0.175. The molecular formula is C10H11BrN2O2. The second-order valence-electron chi connectivity index (χ2n) is 3.27. The maximum Gasteiger partial charge on any atom is 0.245 e. The van der Waals surface area contributed by atoms with Gasteiger partial charge in [-0.3, -0.25) is 4.79 Å². The topological polar surface area (TPSA) is 64.3 Å². The zero-order chi connectivity index (χ0) is 11.0. The molecule has 2 rings (SSSR count). The van der Waals surface area contributed by atoms with Gasteiger partial charge in [-0.05, 0) is 28.9 Å². The summed E-state index contributed by atoms with van der Waals surface area (Å²) in [6, 6.07) is 3.03. The standard InChI is InChI=1S/C10H11BrN2O2/c1-2-15-8-4-7-5(3-6(8)11)9(12)10(14)13-7/h3-4,9H,2,12H2,1H3,(H,13,14). The number of nitrogens with one attached hydrogen (secondary N) is 1. The number of amides is 1. The minimum atomic E-state index is -0.577. The molecule has 0 fully saturated rings. The predicted octanol–water partition coefficient (Wildman–Crippen LogP) is 1.80. The van der Waals surface area contributed by atoms with Gasteiger partial charge in [-0.15, -0.1) is 0 Å². The zero-order valence-electron chi connectivity index (χ0n) is 8.21. The van der Waals surface area contributed by atoms with Crippen LogP contribution in [0.25, 0.3) is 0 Å². The first-order valence-electron chi connectivity index (χ1n) is 4.66. The first-order chi connectivity index (χ1) is 7.13. The smallest absolute Gasteiger partial charge is 0.245 e. The first-order valence-corrected chi connectivity index (χ1v) is 5.45. The maximum atomic E-state index is 11.3. The number of nitrogens with two attached hydrogens (primary N) is 1. The summed E-state index contributed by atoms with van der Waals surface area (Å²) in [6.07, 6.45) is 0. The molecule has 0 saturated heterocycles.